The highest BCUT2D eigenvalue weighted by atomic mass is 79.9. The molecular weight excluding hydrogens is 320 g/mol. The number of carbonyl (C=O) groups is 1. The fourth-order valence-electron chi connectivity index (χ4n) is 2.24. The second-order valence-electron chi connectivity index (χ2n) is 5.57. The van der Waals surface area contributed by atoms with Gasteiger partial charge in [-0.2, -0.15) is 0 Å². The molecule has 0 atom stereocenters. The largest absolute Gasteiger partial charge is 0.314 e. The molecule has 20 heavy (non-hydrogen) atoms. The molecule has 1 saturated heterocycles. The van der Waals surface area contributed by atoms with E-state index in [1.165, 1.54) is 0 Å². The van der Waals surface area contributed by atoms with E-state index in [1.807, 2.05) is 26.8 Å². The van der Waals surface area contributed by atoms with Crippen molar-refractivity contribution in [3.05, 3.63) is 22.3 Å². The monoisotopic (exact) mass is 340 g/mol. The zero-order valence-corrected chi connectivity index (χ0v) is 13.7. The van der Waals surface area contributed by atoms with E-state index in [9.17, 15) is 4.79 Å². The fourth-order valence-corrected chi connectivity index (χ4v) is 2.46. The van der Waals surface area contributed by atoms with Crippen molar-refractivity contribution in [3.63, 3.8) is 0 Å². The number of nitrogens with zero attached hydrogens (tertiary/aromatic N) is 2. The number of halogens is 1. The SMILES string of the molecule is Cc1cc(NC(=O)C(C)(C)N2CCNCC2)ncc1Br. The Kier molecular flexibility index (Phi) is 4.78. The Balaban J connectivity index is 2.07. The predicted molar refractivity (Wildman–Crippen MR) is 83.8 cm³/mol. The maximum atomic E-state index is 12.5. The molecule has 0 radical (unpaired) electrons. The van der Waals surface area contributed by atoms with Crippen molar-refractivity contribution in [1.29, 1.82) is 0 Å². The highest BCUT2D eigenvalue weighted by Gasteiger charge is 2.35. The van der Waals surface area contributed by atoms with Crippen LogP contribution in [0.25, 0.3) is 0 Å². The Morgan fingerprint density at radius 2 is 2.10 bits per heavy atom. The van der Waals surface area contributed by atoms with Crippen LogP contribution >= 0.6 is 15.9 Å². The Morgan fingerprint density at radius 1 is 1.45 bits per heavy atom. The van der Waals surface area contributed by atoms with Crippen LogP contribution in [0.1, 0.15) is 19.4 Å². The van der Waals surface area contributed by atoms with Crippen LogP contribution in [-0.4, -0.2) is 47.5 Å². The molecule has 0 spiro atoms. The van der Waals surface area contributed by atoms with Gasteiger partial charge in [0.15, 0.2) is 0 Å². The smallest absolute Gasteiger partial charge is 0.245 e. The van der Waals surface area contributed by atoms with Crippen LogP contribution in [-0.2, 0) is 4.79 Å². The maximum absolute atomic E-state index is 12.5. The van der Waals surface area contributed by atoms with Crippen molar-refractivity contribution in [2.75, 3.05) is 31.5 Å². The molecule has 0 unspecified atom stereocenters. The van der Waals surface area contributed by atoms with Gasteiger partial charge in [0.2, 0.25) is 5.91 Å². The van der Waals surface area contributed by atoms with Crippen molar-refractivity contribution in [2.24, 2.45) is 0 Å². The lowest BCUT2D eigenvalue weighted by Crippen LogP contribution is -2.58. The Bertz CT molecular complexity index is 498. The van der Waals surface area contributed by atoms with Gasteiger partial charge in [-0.1, -0.05) is 0 Å². The number of pyridine rings is 1. The van der Waals surface area contributed by atoms with Crippen molar-refractivity contribution in [3.8, 4) is 0 Å². The molecule has 2 N–H and O–H groups in total. The molecule has 5 nitrogen and oxygen atoms in total. The number of aromatic nitrogens is 1. The summed E-state index contributed by atoms with van der Waals surface area (Å²) < 4.78 is 0.942. The molecule has 1 aliphatic rings. The highest BCUT2D eigenvalue weighted by Crippen LogP contribution is 2.20. The topological polar surface area (TPSA) is 57.3 Å². The van der Waals surface area contributed by atoms with E-state index in [-0.39, 0.29) is 5.91 Å². The van der Waals surface area contributed by atoms with Crippen LogP contribution in [0.2, 0.25) is 0 Å². The third-order valence-electron chi connectivity index (χ3n) is 3.75. The first-order chi connectivity index (χ1) is 9.41. The van der Waals surface area contributed by atoms with Crippen LogP contribution in [0.5, 0.6) is 0 Å². The number of hydrogen-bond donors (Lipinski definition) is 2. The summed E-state index contributed by atoms with van der Waals surface area (Å²) in [5.41, 5.74) is 0.514. The van der Waals surface area contributed by atoms with Gasteiger partial charge in [-0.05, 0) is 48.3 Å². The Labute approximate surface area is 128 Å². The van der Waals surface area contributed by atoms with Crippen LogP contribution in [0, 0.1) is 6.92 Å². The maximum Gasteiger partial charge on any atom is 0.245 e. The van der Waals surface area contributed by atoms with E-state index < -0.39 is 5.54 Å². The molecule has 110 valence electrons. The van der Waals surface area contributed by atoms with Crippen molar-refractivity contribution in [2.45, 2.75) is 26.3 Å². The van der Waals surface area contributed by atoms with Gasteiger partial charge in [0, 0.05) is 36.8 Å². The zero-order chi connectivity index (χ0) is 14.8. The van der Waals surface area contributed by atoms with Gasteiger partial charge in [0.25, 0.3) is 0 Å². The lowest BCUT2D eigenvalue weighted by Gasteiger charge is -2.39. The zero-order valence-electron chi connectivity index (χ0n) is 12.2. The van der Waals surface area contributed by atoms with Crippen LogP contribution in [0.3, 0.4) is 0 Å². The Hall–Kier alpha value is -0.980. The number of rotatable bonds is 3. The second-order valence-corrected chi connectivity index (χ2v) is 6.42. The number of hydrogen-bond acceptors (Lipinski definition) is 4. The van der Waals surface area contributed by atoms with E-state index in [0.717, 1.165) is 36.2 Å². The normalized spacial score (nSPS) is 17.0. The summed E-state index contributed by atoms with van der Waals surface area (Å²) in [6.07, 6.45) is 1.71. The first-order valence-electron chi connectivity index (χ1n) is 6.80. The summed E-state index contributed by atoms with van der Waals surface area (Å²) in [5.74, 6) is 0.576. The molecule has 1 fully saturated rings. The summed E-state index contributed by atoms with van der Waals surface area (Å²) >= 11 is 3.41. The van der Waals surface area contributed by atoms with Gasteiger partial charge in [-0.15, -0.1) is 0 Å². The average molecular weight is 341 g/mol. The number of anilines is 1. The van der Waals surface area contributed by atoms with Gasteiger partial charge < -0.3 is 10.6 Å². The second kappa shape index (κ2) is 6.20. The standard InChI is InChI=1S/C14H21BrN4O/c1-10-8-12(17-9-11(10)15)18-13(20)14(2,3)19-6-4-16-5-7-19/h8-9,16H,4-7H2,1-3H3,(H,17,18,20). The first kappa shape index (κ1) is 15.4. The van der Waals surface area contributed by atoms with E-state index in [4.69, 9.17) is 0 Å². The number of amides is 1. The fraction of sp³-hybridized carbons (Fsp3) is 0.571. The molecule has 1 aromatic rings. The third-order valence-corrected chi connectivity index (χ3v) is 4.58. The van der Waals surface area contributed by atoms with E-state index in [1.54, 1.807) is 6.20 Å². The third kappa shape index (κ3) is 3.37. The quantitative estimate of drug-likeness (QED) is 0.880. The highest BCUT2D eigenvalue weighted by molar-refractivity contribution is 9.10. The summed E-state index contributed by atoms with van der Waals surface area (Å²) in [6, 6.07) is 1.87. The van der Waals surface area contributed by atoms with Gasteiger partial charge >= 0.3 is 0 Å². The van der Waals surface area contributed by atoms with Gasteiger partial charge in [0.1, 0.15) is 5.82 Å². The van der Waals surface area contributed by atoms with Crippen molar-refractivity contribution < 1.29 is 4.79 Å². The molecule has 1 aromatic heterocycles. The van der Waals surface area contributed by atoms with Crippen LogP contribution in [0.4, 0.5) is 5.82 Å². The minimum atomic E-state index is -0.537. The number of aryl methyl sites for hydroxylation is 1. The summed E-state index contributed by atoms with van der Waals surface area (Å²) in [6.45, 7) is 9.50. The summed E-state index contributed by atoms with van der Waals surface area (Å²) in [7, 11) is 0. The molecule has 1 aliphatic heterocycles. The molecular formula is C14H21BrN4O. The average Bonchev–Trinajstić information content (AvgIpc) is 2.44. The first-order valence-corrected chi connectivity index (χ1v) is 7.60. The molecule has 0 aliphatic carbocycles. The molecule has 0 bridgehead atoms. The van der Waals surface area contributed by atoms with Crippen LogP contribution < -0.4 is 10.6 Å². The summed E-state index contributed by atoms with van der Waals surface area (Å²) in [5, 5.41) is 6.21. The van der Waals surface area contributed by atoms with Gasteiger partial charge in [0.05, 0.1) is 5.54 Å². The minimum absolute atomic E-state index is 0.0198. The predicted octanol–water partition coefficient (Wildman–Crippen LogP) is 1.77. The van der Waals surface area contributed by atoms with E-state index in [2.05, 4.69) is 36.4 Å². The van der Waals surface area contributed by atoms with E-state index in [0.29, 0.717) is 5.82 Å². The molecule has 6 heteroatoms. The van der Waals surface area contributed by atoms with Crippen molar-refractivity contribution >= 4 is 27.7 Å². The van der Waals surface area contributed by atoms with Crippen LogP contribution in [0.15, 0.2) is 16.7 Å². The molecule has 0 aromatic carbocycles. The number of nitrogens with one attached hydrogen (secondary N) is 2. The Morgan fingerprint density at radius 3 is 2.70 bits per heavy atom. The lowest BCUT2D eigenvalue weighted by molar-refractivity contribution is -0.126. The molecule has 0 saturated carbocycles. The van der Waals surface area contributed by atoms with Crippen molar-refractivity contribution in [1.82, 2.24) is 15.2 Å². The molecule has 1 amide bonds. The molecule has 2 rings (SSSR count). The lowest BCUT2D eigenvalue weighted by atomic mass is 10.0. The van der Waals surface area contributed by atoms with E-state index >= 15 is 0 Å². The molecule has 2 heterocycles. The summed E-state index contributed by atoms with van der Waals surface area (Å²) in [4.78, 5) is 18.9. The number of piperazine rings is 1. The number of carbonyl (C=O) groups excluding carboxylic acids is 1. The van der Waals surface area contributed by atoms with Gasteiger partial charge in [-0.25, -0.2) is 4.98 Å². The van der Waals surface area contributed by atoms with Gasteiger partial charge in [-0.3, -0.25) is 9.69 Å². The minimum Gasteiger partial charge on any atom is -0.314 e.